The molecule has 0 aromatic carbocycles. The minimum absolute atomic E-state index is 0. The van der Waals surface area contributed by atoms with Gasteiger partial charge in [0, 0.05) is 53.9 Å². The van der Waals surface area contributed by atoms with E-state index in [0.29, 0.717) is 13.1 Å². The van der Waals surface area contributed by atoms with Crippen LogP contribution in [0.15, 0.2) is 0 Å². The molecule has 0 atom stereocenters. The first-order valence-corrected chi connectivity index (χ1v) is 10.8. The molecule has 238 valence electrons. The summed E-state index contributed by atoms with van der Waals surface area (Å²) in [6, 6.07) is 0. The fourth-order valence-electron chi connectivity index (χ4n) is 1.48. The van der Waals surface area contributed by atoms with E-state index >= 15 is 0 Å². The Morgan fingerprint density at radius 1 is 0.488 bits per heavy atom. The van der Waals surface area contributed by atoms with E-state index in [1.165, 1.54) is 27.7 Å². The van der Waals surface area contributed by atoms with Gasteiger partial charge in [0.1, 0.15) is 0 Å². The van der Waals surface area contributed by atoms with Crippen LogP contribution in [0.2, 0.25) is 0 Å². The van der Waals surface area contributed by atoms with Crippen LogP contribution in [0.3, 0.4) is 0 Å². The van der Waals surface area contributed by atoms with Crippen LogP contribution in [0.5, 0.6) is 0 Å². The number of primary amides is 4. The zero-order valence-corrected chi connectivity index (χ0v) is 26.1. The molecule has 0 saturated heterocycles. The Kier molecular flexibility index (Phi) is 50.8. The van der Waals surface area contributed by atoms with Crippen LogP contribution in [0.1, 0.15) is 29.1 Å². The largest absolute Gasteiger partial charge is 1.00 e. The van der Waals surface area contributed by atoms with Crippen molar-refractivity contribution in [1.29, 1.82) is 0 Å². The van der Waals surface area contributed by atoms with Gasteiger partial charge in [-0.1, -0.05) is 0 Å². The van der Waals surface area contributed by atoms with E-state index in [4.69, 9.17) is 31.9 Å². The Hall–Kier alpha value is -3.40. The Morgan fingerprint density at radius 2 is 0.610 bits per heavy atom. The number of carboxylic acids is 4. The van der Waals surface area contributed by atoms with Gasteiger partial charge in [-0.15, -0.1) is 0 Å². The van der Waals surface area contributed by atoms with Crippen molar-refractivity contribution in [2.75, 3.05) is 52.4 Å². The molecule has 0 bridgehead atoms. The van der Waals surface area contributed by atoms with Gasteiger partial charge >= 0.3 is 53.4 Å². The van der Waals surface area contributed by atoms with Crippen LogP contribution in [0.25, 0.3) is 0 Å². The Morgan fingerprint density at radius 3 is 0.683 bits per heavy atom. The Bertz CT molecular complexity index is 645. The molecule has 0 radical (unpaired) electrons. The van der Waals surface area contributed by atoms with Crippen molar-refractivity contribution in [3.8, 4) is 0 Å². The quantitative estimate of drug-likeness (QED) is 0.0914. The monoisotopic (exact) mass is 612 g/mol. The summed E-state index contributed by atoms with van der Waals surface area (Å²) in [5.74, 6) is -6.24. The molecule has 16 N–H and O–H groups in total. The summed E-state index contributed by atoms with van der Waals surface area (Å²) in [4.78, 5) is 81.3. The van der Waals surface area contributed by atoms with E-state index in [2.05, 4.69) is 22.9 Å². The van der Waals surface area contributed by atoms with Gasteiger partial charge in [0.15, 0.2) is 0 Å². The first-order valence-electron chi connectivity index (χ1n) is 10.8. The van der Waals surface area contributed by atoms with Gasteiger partial charge in [-0.25, -0.2) is 0 Å². The molecule has 0 fully saturated rings. The number of carboxylic acid groups (broad SMARTS) is 4. The number of carbonyl (C=O) groups is 8. The predicted octanol–water partition coefficient (Wildman–Crippen LogP) is -8.08. The van der Waals surface area contributed by atoms with Gasteiger partial charge in [0.25, 0.3) is 0 Å². The third-order valence-electron chi connectivity index (χ3n) is 2.33. The summed E-state index contributed by atoms with van der Waals surface area (Å²) in [5.41, 5.74) is 27.7. The number of nitrogens with zero attached hydrogens (tertiary/aromatic N) is 2. The molecule has 0 saturated carbocycles. The molecule has 0 unspecified atom stereocenters. The molecule has 0 aliphatic rings. The summed E-state index contributed by atoms with van der Waals surface area (Å²) in [5, 5.41) is 34.5. The maximum Gasteiger partial charge on any atom is 1.00 e. The van der Waals surface area contributed by atoms with Crippen molar-refractivity contribution in [2.45, 2.75) is 27.7 Å². The zero-order chi connectivity index (χ0) is 33.4. The molecule has 20 nitrogen and oxygen atoms in total. The molecule has 21 heteroatoms. The summed E-state index contributed by atoms with van der Waals surface area (Å²) in [6.07, 6.45) is 0. The van der Waals surface area contributed by atoms with Gasteiger partial charge in [0.2, 0.25) is 23.6 Å². The molecular formula is C20H45N8NaO12. The summed E-state index contributed by atoms with van der Waals surface area (Å²) < 4.78 is 0. The average molecular weight is 613 g/mol. The fourth-order valence-corrected chi connectivity index (χ4v) is 1.48. The minimum Gasteiger partial charge on any atom is -1.00 e. The molecular weight excluding hydrogens is 567 g/mol. The van der Waals surface area contributed by atoms with E-state index in [1.807, 2.05) is 0 Å². The second-order valence-corrected chi connectivity index (χ2v) is 7.02. The van der Waals surface area contributed by atoms with Crippen molar-refractivity contribution in [3.05, 3.63) is 0 Å². The van der Waals surface area contributed by atoms with E-state index in [0.717, 1.165) is 9.80 Å². The number of rotatable bonds is 12. The summed E-state index contributed by atoms with van der Waals surface area (Å²) in [7, 11) is 0. The maximum atomic E-state index is 10.6. The van der Waals surface area contributed by atoms with E-state index < -0.39 is 50.1 Å². The van der Waals surface area contributed by atoms with E-state index in [-0.39, 0.29) is 67.7 Å². The van der Waals surface area contributed by atoms with Crippen LogP contribution < -0.4 is 64.0 Å². The van der Waals surface area contributed by atoms with Gasteiger partial charge in [0.05, 0.1) is 26.2 Å². The molecule has 0 aliphatic carbocycles. The molecule has 0 rings (SSSR count). The Balaban J connectivity index is -0.0000000713. The number of hydrogen-bond donors (Lipinski definition) is 10. The van der Waals surface area contributed by atoms with Gasteiger partial charge in [-0.3, -0.25) is 48.2 Å². The van der Waals surface area contributed by atoms with Crippen molar-refractivity contribution in [3.63, 3.8) is 0 Å². The maximum absolute atomic E-state index is 10.6. The first-order chi connectivity index (χ1) is 18.0. The first kappa shape index (κ1) is 53.8. The second kappa shape index (κ2) is 38.7. The van der Waals surface area contributed by atoms with Gasteiger partial charge < -0.3 is 56.3 Å². The summed E-state index contributed by atoms with van der Waals surface area (Å²) >= 11 is 0. The molecule has 0 aromatic rings. The number of amides is 4. The van der Waals surface area contributed by atoms with Crippen molar-refractivity contribution < 1.29 is 89.8 Å². The summed E-state index contributed by atoms with van der Waals surface area (Å²) in [6.45, 7) is 4.17. The zero-order valence-electron chi connectivity index (χ0n) is 25.1. The van der Waals surface area contributed by atoms with Gasteiger partial charge in [-0.2, -0.15) is 0 Å². The fraction of sp³-hybridized carbons (Fsp3) is 0.600. The van der Waals surface area contributed by atoms with E-state index in [9.17, 15) is 38.4 Å². The Labute approximate surface area is 261 Å². The predicted molar refractivity (Wildman–Crippen MR) is 142 cm³/mol. The normalized spacial score (nSPS) is 8.39. The van der Waals surface area contributed by atoms with Gasteiger partial charge in [-0.05, 0) is 0 Å². The third kappa shape index (κ3) is 127. The molecule has 0 heterocycles. The smallest absolute Gasteiger partial charge is 1.00 e. The molecule has 0 spiro atoms. The van der Waals surface area contributed by atoms with Crippen LogP contribution in [-0.4, -0.2) is 130 Å². The number of aliphatic carboxylic acids is 4. The molecule has 41 heavy (non-hydrogen) atoms. The van der Waals surface area contributed by atoms with Crippen LogP contribution in [0, 0.1) is 0 Å². The SMILES string of the molecule is CC(N)=O.CC(N)=O.CC(N)=O.CC(N)=O.NCCN.O=C(O)CN(CCN(CC(=O)O)CC(=O)O)CC(=O)O.[H-].[Na+]. The van der Waals surface area contributed by atoms with Crippen molar-refractivity contribution in [2.24, 2.45) is 34.4 Å². The second-order valence-electron chi connectivity index (χ2n) is 7.02. The average Bonchev–Trinajstić information content (AvgIpc) is 2.68. The number of carbonyl (C=O) groups excluding carboxylic acids is 4. The van der Waals surface area contributed by atoms with Crippen LogP contribution >= 0.6 is 0 Å². The van der Waals surface area contributed by atoms with Crippen LogP contribution in [0.4, 0.5) is 0 Å². The number of nitrogens with two attached hydrogens (primary N) is 6. The molecule has 0 aromatic heterocycles. The van der Waals surface area contributed by atoms with Crippen molar-refractivity contribution >= 4 is 47.5 Å². The molecule has 0 aliphatic heterocycles. The minimum atomic E-state index is -1.23. The topological polar surface area (TPSA) is 380 Å². The standard InChI is InChI=1S/C10H16N2O8.C2H8N2.4C2H5NO.Na.H/c13-7(14)3-11(4-8(15)16)1-2-12(5-9(17)18)6-10(19)20;3-1-2-4;4*1-2(3)4;;/h1-6H2,(H,13,14)(H,15,16)(H,17,18)(H,19,20);1-4H2;4*1H3,(H2,3,4);;/q;;;;;;+1;-1. The number of hydrogen-bond acceptors (Lipinski definition) is 12. The third-order valence-corrected chi connectivity index (χ3v) is 2.33. The van der Waals surface area contributed by atoms with Crippen molar-refractivity contribution in [1.82, 2.24) is 9.80 Å². The van der Waals surface area contributed by atoms with Crippen LogP contribution in [-0.2, 0) is 38.4 Å². The van der Waals surface area contributed by atoms with E-state index in [1.54, 1.807) is 0 Å². The molecule has 4 amide bonds.